The van der Waals surface area contributed by atoms with Crippen LogP contribution in [0.25, 0.3) is 0 Å². The van der Waals surface area contributed by atoms with Gasteiger partial charge in [-0.3, -0.25) is 0 Å². The molecular weight excluding hydrogens is 153 g/mol. The fraction of sp³-hybridized carbons (Fsp3) is 0.143. The molecule has 0 amide bonds. The summed E-state index contributed by atoms with van der Waals surface area (Å²) in [6.07, 6.45) is 0. The zero-order valence-corrected chi connectivity index (χ0v) is 6.24. The molecule has 0 radical (unpaired) electrons. The highest BCUT2D eigenvalue weighted by Crippen LogP contribution is 2.20. The minimum atomic E-state index is -0.423. The second-order valence-corrected chi connectivity index (χ2v) is 2.53. The van der Waals surface area contributed by atoms with Crippen molar-refractivity contribution in [2.24, 2.45) is 0 Å². The number of halogens is 2. The minimum Gasteiger partial charge on any atom is -0.398 e. The third kappa shape index (κ3) is 1.21. The van der Waals surface area contributed by atoms with Gasteiger partial charge < -0.3 is 5.73 Å². The van der Waals surface area contributed by atoms with Crippen LogP contribution in [0.4, 0.5) is 10.1 Å². The molecule has 2 N–H and O–H groups in total. The van der Waals surface area contributed by atoms with Crippen LogP contribution in [0.1, 0.15) is 5.56 Å². The predicted molar refractivity (Wildman–Crippen MR) is 40.6 cm³/mol. The molecule has 0 saturated carbocycles. The second kappa shape index (κ2) is 2.46. The van der Waals surface area contributed by atoms with E-state index in [4.69, 9.17) is 17.3 Å². The molecule has 1 nitrogen and oxygen atoms in total. The zero-order chi connectivity index (χ0) is 7.72. The number of rotatable bonds is 0. The van der Waals surface area contributed by atoms with Crippen LogP contribution in [-0.2, 0) is 0 Å². The molecule has 1 rings (SSSR count). The molecule has 0 aliphatic carbocycles. The number of hydrogen-bond donors (Lipinski definition) is 1. The van der Waals surface area contributed by atoms with Gasteiger partial charge in [-0.25, -0.2) is 4.39 Å². The van der Waals surface area contributed by atoms with E-state index in [1.54, 1.807) is 6.92 Å². The number of hydrogen-bond acceptors (Lipinski definition) is 1. The highest BCUT2D eigenvalue weighted by molar-refractivity contribution is 6.31. The molecule has 1 aromatic carbocycles. The fourth-order valence-corrected chi connectivity index (χ4v) is 0.834. The third-order valence-electron chi connectivity index (χ3n) is 1.31. The highest BCUT2D eigenvalue weighted by atomic mass is 35.5. The smallest absolute Gasteiger partial charge is 0.142 e. The topological polar surface area (TPSA) is 26.0 Å². The van der Waals surface area contributed by atoms with Gasteiger partial charge in [-0.2, -0.15) is 0 Å². The van der Waals surface area contributed by atoms with Gasteiger partial charge in [-0.1, -0.05) is 11.6 Å². The molecule has 0 heterocycles. The van der Waals surface area contributed by atoms with E-state index in [9.17, 15) is 4.39 Å². The van der Waals surface area contributed by atoms with Crippen LogP contribution in [0.3, 0.4) is 0 Å². The number of nitrogen functional groups attached to an aromatic ring is 1. The van der Waals surface area contributed by atoms with Gasteiger partial charge in [-0.05, 0) is 24.6 Å². The third-order valence-corrected chi connectivity index (χ3v) is 1.60. The Balaban J connectivity index is 3.28. The second-order valence-electron chi connectivity index (χ2n) is 2.12. The maximum Gasteiger partial charge on any atom is 0.142 e. The van der Waals surface area contributed by atoms with Gasteiger partial charge in [-0.15, -0.1) is 0 Å². The fourth-order valence-electron chi connectivity index (χ4n) is 0.662. The monoisotopic (exact) mass is 159 g/mol. The molecule has 0 aliphatic rings. The van der Waals surface area contributed by atoms with Gasteiger partial charge in [0.2, 0.25) is 0 Å². The van der Waals surface area contributed by atoms with Crippen LogP contribution in [0, 0.1) is 12.7 Å². The van der Waals surface area contributed by atoms with E-state index >= 15 is 0 Å². The molecule has 0 aliphatic heterocycles. The van der Waals surface area contributed by atoms with Crippen LogP contribution in [0.5, 0.6) is 0 Å². The maximum atomic E-state index is 12.6. The lowest BCUT2D eigenvalue weighted by Gasteiger charge is -1.99. The lowest BCUT2D eigenvalue weighted by atomic mass is 10.2. The molecule has 0 fully saturated rings. The lowest BCUT2D eigenvalue weighted by molar-refractivity contribution is 0.627. The maximum absolute atomic E-state index is 12.6. The van der Waals surface area contributed by atoms with Crippen LogP contribution < -0.4 is 5.73 Å². The number of anilines is 1. The summed E-state index contributed by atoms with van der Waals surface area (Å²) in [5.41, 5.74) is 6.67. The van der Waals surface area contributed by atoms with E-state index in [0.29, 0.717) is 11.3 Å². The van der Waals surface area contributed by atoms with Crippen molar-refractivity contribution in [3.8, 4) is 0 Å². The summed E-state index contributed by atoms with van der Waals surface area (Å²) in [5.74, 6) is -0.423. The van der Waals surface area contributed by atoms with Gasteiger partial charge in [0, 0.05) is 5.69 Å². The summed E-state index contributed by atoms with van der Waals surface area (Å²) in [4.78, 5) is 0. The summed E-state index contributed by atoms with van der Waals surface area (Å²) in [7, 11) is 0. The number of aryl methyl sites for hydroxylation is 1. The van der Waals surface area contributed by atoms with E-state index < -0.39 is 5.82 Å². The van der Waals surface area contributed by atoms with Crippen molar-refractivity contribution >= 4 is 17.3 Å². The van der Waals surface area contributed by atoms with Gasteiger partial charge in [0.15, 0.2) is 0 Å². The standard InChI is InChI=1S/C7H7ClFN/c1-4-2-6(9)5(8)3-7(4)10/h2-3H,10H2,1H3. The quantitative estimate of drug-likeness (QED) is 0.578. The van der Waals surface area contributed by atoms with E-state index in [0.717, 1.165) is 0 Å². The van der Waals surface area contributed by atoms with Crippen molar-refractivity contribution < 1.29 is 4.39 Å². The molecule has 0 spiro atoms. The Morgan fingerprint density at radius 3 is 2.60 bits per heavy atom. The predicted octanol–water partition coefficient (Wildman–Crippen LogP) is 2.37. The van der Waals surface area contributed by atoms with Crippen molar-refractivity contribution in [2.45, 2.75) is 6.92 Å². The average Bonchev–Trinajstić information content (AvgIpc) is 1.84. The first-order chi connectivity index (χ1) is 4.61. The van der Waals surface area contributed by atoms with Crippen LogP contribution in [-0.4, -0.2) is 0 Å². The molecule has 0 unspecified atom stereocenters. The van der Waals surface area contributed by atoms with Gasteiger partial charge in [0.05, 0.1) is 5.02 Å². The van der Waals surface area contributed by atoms with Crippen LogP contribution >= 0.6 is 11.6 Å². The van der Waals surface area contributed by atoms with E-state index in [1.165, 1.54) is 12.1 Å². The molecule has 54 valence electrons. The summed E-state index contributed by atoms with van der Waals surface area (Å²) >= 11 is 5.43. The van der Waals surface area contributed by atoms with Gasteiger partial charge in [0.25, 0.3) is 0 Å². The molecule has 0 atom stereocenters. The Kier molecular flexibility index (Phi) is 1.81. The number of nitrogens with two attached hydrogens (primary N) is 1. The number of benzene rings is 1. The summed E-state index contributed by atoms with van der Waals surface area (Å²) in [5, 5.41) is 0.0723. The Bertz CT molecular complexity index is 210. The summed E-state index contributed by atoms with van der Waals surface area (Å²) in [6, 6.07) is 2.73. The first kappa shape index (κ1) is 7.35. The molecule has 1 aromatic rings. The lowest BCUT2D eigenvalue weighted by Crippen LogP contribution is -1.90. The highest BCUT2D eigenvalue weighted by Gasteiger charge is 2.01. The Hall–Kier alpha value is -0.760. The van der Waals surface area contributed by atoms with Crippen LogP contribution in [0.2, 0.25) is 5.02 Å². The first-order valence-electron chi connectivity index (χ1n) is 2.82. The minimum absolute atomic E-state index is 0.0723. The SMILES string of the molecule is Cc1cc(F)c(Cl)cc1N. The summed E-state index contributed by atoms with van der Waals surface area (Å²) < 4.78 is 12.6. The molecule has 0 aromatic heterocycles. The zero-order valence-electron chi connectivity index (χ0n) is 5.49. The normalized spacial score (nSPS) is 9.90. The van der Waals surface area contributed by atoms with E-state index in [-0.39, 0.29) is 5.02 Å². The summed E-state index contributed by atoms with van der Waals surface area (Å²) in [6.45, 7) is 1.73. The molecule has 3 heteroatoms. The van der Waals surface area contributed by atoms with E-state index in [1.807, 2.05) is 0 Å². The molecular formula is C7H7ClFN. The Morgan fingerprint density at radius 1 is 1.50 bits per heavy atom. The molecule has 10 heavy (non-hydrogen) atoms. The van der Waals surface area contributed by atoms with Crippen molar-refractivity contribution in [1.29, 1.82) is 0 Å². The average molecular weight is 160 g/mol. The largest absolute Gasteiger partial charge is 0.398 e. The Labute approximate surface area is 63.6 Å². The Morgan fingerprint density at radius 2 is 2.10 bits per heavy atom. The van der Waals surface area contributed by atoms with Gasteiger partial charge >= 0.3 is 0 Å². The molecule has 0 saturated heterocycles. The van der Waals surface area contributed by atoms with Crippen molar-refractivity contribution in [2.75, 3.05) is 5.73 Å². The van der Waals surface area contributed by atoms with Gasteiger partial charge in [0.1, 0.15) is 5.82 Å². The van der Waals surface area contributed by atoms with Crippen molar-refractivity contribution in [1.82, 2.24) is 0 Å². The van der Waals surface area contributed by atoms with Crippen molar-refractivity contribution in [3.63, 3.8) is 0 Å². The van der Waals surface area contributed by atoms with Crippen molar-refractivity contribution in [3.05, 3.63) is 28.5 Å². The van der Waals surface area contributed by atoms with E-state index in [2.05, 4.69) is 0 Å². The first-order valence-corrected chi connectivity index (χ1v) is 3.20. The van der Waals surface area contributed by atoms with Crippen LogP contribution in [0.15, 0.2) is 12.1 Å². The molecule has 0 bridgehead atoms.